The van der Waals surface area contributed by atoms with Crippen LogP contribution in [0.3, 0.4) is 0 Å². The zero-order chi connectivity index (χ0) is 21.3. The van der Waals surface area contributed by atoms with E-state index >= 15 is 0 Å². The van der Waals surface area contributed by atoms with E-state index in [0.717, 1.165) is 0 Å². The lowest BCUT2D eigenvalue weighted by Gasteiger charge is -2.08. The second-order valence-electron chi connectivity index (χ2n) is 8.39. The molecule has 0 aliphatic rings. The predicted octanol–water partition coefficient (Wildman–Crippen LogP) is 9.87. The topological polar surface area (TPSA) is 0 Å². The summed E-state index contributed by atoms with van der Waals surface area (Å²) in [7, 11) is 0. The van der Waals surface area contributed by atoms with Gasteiger partial charge in [-0.2, -0.15) is 0 Å². The third-order valence-electron chi connectivity index (χ3n) is 5.83. The second-order valence-corrected chi connectivity index (χ2v) is 8.39. The number of benzene rings is 2. The first-order valence-corrected chi connectivity index (χ1v) is 12.3. The standard InChI is InChI=1S/C30H42/c1-3-5-19-27(29-23-15-11-16-24-29)21-13-9-7-8-10-14-22-28(20-6-4-2)30-25-17-12-18-26-30/h11-12,15-18,21-26H,3-10,13-14,19-20H2,1-2H3. The SMILES string of the molecule is CCCCC(=CCCCCCCC=C(CCCC)c1ccccc1)c1ccccc1. The van der Waals surface area contributed by atoms with E-state index in [2.05, 4.69) is 86.7 Å². The zero-order valence-corrected chi connectivity index (χ0v) is 19.4. The quantitative estimate of drug-likeness (QED) is 0.260. The maximum atomic E-state index is 2.50. The molecule has 2 rings (SSSR count). The number of hydrogen-bond acceptors (Lipinski definition) is 0. The van der Waals surface area contributed by atoms with Crippen LogP contribution in [-0.2, 0) is 0 Å². The molecular weight excluding hydrogens is 360 g/mol. The third kappa shape index (κ3) is 9.61. The highest BCUT2D eigenvalue weighted by Gasteiger charge is 2.02. The van der Waals surface area contributed by atoms with Crippen LogP contribution in [0.15, 0.2) is 72.8 Å². The van der Waals surface area contributed by atoms with Gasteiger partial charge in [-0.15, -0.1) is 0 Å². The van der Waals surface area contributed by atoms with Gasteiger partial charge in [0, 0.05) is 0 Å². The molecule has 0 radical (unpaired) electrons. The summed E-state index contributed by atoms with van der Waals surface area (Å²) in [5.41, 5.74) is 5.92. The van der Waals surface area contributed by atoms with Gasteiger partial charge in [-0.1, -0.05) is 112 Å². The predicted molar refractivity (Wildman–Crippen MR) is 136 cm³/mol. The minimum absolute atomic E-state index is 1.21. The summed E-state index contributed by atoms with van der Waals surface area (Å²) in [6.07, 6.45) is 20.3. The molecule has 0 heteroatoms. The van der Waals surface area contributed by atoms with Crippen molar-refractivity contribution in [2.45, 2.75) is 90.9 Å². The Hall–Kier alpha value is -2.08. The molecule has 0 unspecified atom stereocenters. The van der Waals surface area contributed by atoms with Crippen LogP contribution >= 0.6 is 0 Å². The van der Waals surface area contributed by atoms with E-state index < -0.39 is 0 Å². The Balaban J connectivity index is 1.73. The molecule has 0 nitrogen and oxygen atoms in total. The van der Waals surface area contributed by atoms with Crippen LogP contribution in [0.5, 0.6) is 0 Å². The van der Waals surface area contributed by atoms with E-state index in [4.69, 9.17) is 0 Å². The minimum Gasteiger partial charge on any atom is -0.0807 e. The van der Waals surface area contributed by atoms with Crippen molar-refractivity contribution in [1.82, 2.24) is 0 Å². The smallest absolute Gasteiger partial charge is 0.0228 e. The van der Waals surface area contributed by atoms with Crippen molar-refractivity contribution in [2.75, 3.05) is 0 Å². The zero-order valence-electron chi connectivity index (χ0n) is 19.4. The van der Waals surface area contributed by atoms with Crippen LogP contribution in [0.1, 0.15) is 102 Å². The summed E-state index contributed by atoms with van der Waals surface area (Å²) in [5, 5.41) is 0. The Bertz CT molecular complexity index is 656. The molecule has 162 valence electrons. The molecule has 0 spiro atoms. The molecule has 0 atom stereocenters. The number of rotatable bonds is 15. The maximum absolute atomic E-state index is 2.50. The first-order valence-electron chi connectivity index (χ1n) is 12.3. The van der Waals surface area contributed by atoms with Crippen molar-refractivity contribution >= 4 is 11.1 Å². The van der Waals surface area contributed by atoms with Gasteiger partial charge in [0.2, 0.25) is 0 Å². The van der Waals surface area contributed by atoms with Gasteiger partial charge in [0.1, 0.15) is 0 Å². The molecule has 2 aromatic carbocycles. The lowest BCUT2D eigenvalue weighted by molar-refractivity contribution is 0.651. The Morgan fingerprint density at radius 3 is 1.30 bits per heavy atom. The first kappa shape index (κ1) is 24.2. The van der Waals surface area contributed by atoms with Gasteiger partial charge in [-0.25, -0.2) is 0 Å². The molecule has 2 aromatic rings. The van der Waals surface area contributed by atoms with Crippen LogP contribution in [0.4, 0.5) is 0 Å². The fourth-order valence-corrected chi connectivity index (χ4v) is 3.96. The summed E-state index contributed by atoms with van der Waals surface area (Å²) >= 11 is 0. The van der Waals surface area contributed by atoms with Crippen molar-refractivity contribution in [1.29, 1.82) is 0 Å². The average Bonchev–Trinajstić information content (AvgIpc) is 2.80. The molecule has 0 aliphatic heterocycles. The highest BCUT2D eigenvalue weighted by molar-refractivity contribution is 5.66. The van der Waals surface area contributed by atoms with Gasteiger partial charge in [-0.3, -0.25) is 0 Å². The summed E-state index contributed by atoms with van der Waals surface area (Å²) < 4.78 is 0. The number of allylic oxidation sites excluding steroid dienone is 4. The van der Waals surface area contributed by atoms with Crippen LogP contribution in [0.25, 0.3) is 11.1 Å². The normalized spacial score (nSPS) is 12.3. The Morgan fingerprint density at radius 1 is 0.533 bits per heavy atom. The number of hydrogen-bond donors (Lipinski definition) is 0. The highest BCUT2D eigenvalue weighted by Crippen LogP contribution is 2.23. The maximum Gasteiger partial charge on any atom is -0.0228 e. The molecule has 0 aliphatic carbocycles. The molecule has 0 saturated carbocycles. The Labute approximate surface area is 186 Å². The summed E-state index contributed by atoms with van der Waals surface area (Å²) in [6.45, 7) is 4.56. The van der Waals surface area contributed by atoms with Crippen molar-refractivity contribution in [2.24, 2.45) is 0 Å². The third-order valence-corrected chi connectivity index (χ3v) is 5.83. The molecule has 0 bridgehead atoms. The molecule has 0 aromatic heterocycles. The van der Waals surface area contributed by atoms with Gasteiger partial charge in [0.05, 0.1) is 0 Å². The van der Waals surface area contributed by atoms with Crippen LogP contribution < -0.4 is 0 Å². The van der Waals surface area contributed by atoms with E-state index in [1.54, 1.807) is 11.1 Å². The molecule has 0 heterocycles. The van der Waals surface area contributed by atoms with Gasteiger partial charge < -0.3 is 0 Å². The van der Waals surface area contributed by atoms with Crippen LogP contribution in [0, 0.1) is 0 Å². The largest absolute Gasteiger partial charge is 0.0807 e. The van der Waals surface area contributed by atoms with Gasteiger partial charge in [-0.05, 0) is 73.6 Å². The van der Waals surface area contributed by atoms with E-state index in [1.165, 1.54) is 88.2 Å². The molecule has 0 amide bonds. The summed E-state index contributed by atoms with van der Waals surface area (Å²) in [4.78, 5) is 0. The lowest BCUT2D eigenvalue weighted by Crippen LogP contribution is -1.87. The summed E-state index contributed by atoms with van der Waals surface area (Å²) in [6, 6.07) is 21.9. The summed E-state index contributed by atoms with van der Waals surface area (Å²) in [5.74, 6) is 0. The van der Waals surface area contributed by atoms with E-state index in [1.807, 2.05) is 0 Å². The van der Waals surface area contributed by atoms with E-state index in [9.17, 15) is 0 Å². The van der Waals surface area contributed by atoms with Crippen LogP contribution in [0.2, 0.25) is 0 Å². The fourth-order valence-electron chi connectivity index (χ4n) is 3.96. The van der Waals surface area contributed by atoms with Gasteiger partial charge in [0.15, 0.2) is 0 Å². The lowest BCUT2D eigenvalue weighted by atomic mass is 9.97. The van der Waals surface area contributed by atoms with Crippen molar-refractivity contribution in [3.8, 4) is 0 Å². The number of unbranched alkanes of at least 4 members (excludes halogenated alkanes) is 7. The molecule has 0 N–H and O–H groups in total. The fraction of sp³-hybridized carbons (Fsp3) is 0.467. The minimum atomic E-state index is 1.21. The molecule has 0 saturated heterocycles. The average molecular weight is 403 g/mol. The van der Waals surface area contributed by atoms with E-state index in [-0.39, 0.29) is 0 Å². The van der Waals surface area contributed by atoms with Crippen molar-refractivity contribution in [3.63, 3.8) is 0 Å². The molecular formula is C30H42. The highest BCUT2D eigenvalue weighted by atomic mass is 14.1. The van der Waals surface area contributed by atoms with Crippen molar-refractivity contribution < 1.29 is 0 Å². The first-order chi connectivity index (χ1) is 14.8. The van der Waals surface area contributed by atoms with Crippen LogP contribution in [-0.4, -0.2) is 0 Å². The Morgan fingerprint density at radius 2 is 0.933 bits per heavy atom. The van der Waals surface area contributed by atoms with E-state index in [0.29, 0.717) is 0 Å². The molecule has 0 fully saturated rings. The Kier molecular flexibility index (Phi) is 12.7. The van der Waals surface area contributed by atoms with Crippen molar-refractivity contribution in [3.05, 3.63) is 83.9 Å². The monoisotopic (exact) mass is 402 g/mol. The second kappa shape index (κ2) is 15.7. The van der Waals surface area contributed by atoms with Gasteiger partial charge >= 0.3 is 0 Å². The molecule has 30 heavy (non-hydrogen) atoms. The van der Waals surface area contributed by atoms with Gasteiger partial charge in [0.25, 0.3) is 0 Å².